The number of hydrogen-bond acceptors (Lipinski definition) is 3. The fraction of sp³-hybridized carbons (Fsp3) is 0.188. The van der Waals surface area contributed by atoms with E-state index in [0.29, 0.717) is 22.0 Å². The minimum atomic E-state index is -0.280. The topological polar surface area (TPSA) is 64.3 Å². The molecule has 0 radical (unpaired) electrons. The molecule has 0 aliphatic rings. The van der Waals surface area contributed by atoms with Gasteiger partial charge in [0.05, 0.1) is 16.7 Å². The van der Waals surface area contributed by atoms with Crippen LogP contribution in [0.4, 0.5) is 11.4 Å². The number of benzene rings is 2. The molecule has 2 aromatic rings. The number of rotatable bonds is 4. The molecule has 4 nitrogen and oxygen atoms in total. The predicted molar refractivity (Wildman–Crippen MR) is 86.0 cm³/mol. The number of nitrogens with one attached hydrogen (secondary N) is 1. The number of ether oxygens (including phenoxy) is 1. The molecule has 0 atom stereocenters. The first kappa shape index (κ1) is 15.2. The number of halogens is 1. The van der Waals surface area contributed by atoms with Gasteiger partial charge in [-0.2, -0.15) is 0 Å². The lowest BCUT2D eigenvalue weighted by molar-refractivity contribution is 0.102. The molecular formula is C16H17ClN2O2. The van der Waals surface area contributed by atoms with Crippen LogP contribution in [0.25, 0.3) is 0 Å². The maximum Gasteiger partial charge on any atom is 0.257 e. The summed E-state index contributed by atoms with van der Waals surface area (Å²) in [5.74, 6) is 0.478. The number of carbonyl (C=O) groups excluding carboxylic acids is 1. The van der Waals surface area contributed by atoms with Gasteiger partial charge in [-0.25, -0.2) is 0 Å². The van der Waals surface area contributed by atoms with Gasteiger partial charge in [-0.3, -0.25) is 4.79 Å². The third kappa shape index (κ3) is 4.13. The summed E-state index contributed by atoms with van der Waals surface area (Å²) in [5, 5.41) is 3.11. The van der Waals surface area contributed by atoms with Crippen LogP contribution in [0.5, 0.6) is 5.75 Å². The minimum Gasteiger partial charge on any atom is -0.491 e. The van der Waals surface area contributed by atoms with Gasteiger partial charge < -0.3 is 15.8 Å². The summed E-state index contributed by atoms with van der Waals surface area (Å²) in [6.45, 7) is 3.91. The summed E-state index contributed by atoms with van der Waals surface area (Å²) in [5.41, 5.74) is 7.18. The number of hydrogen-bond donors (Lipinski definition) is 2. The third-order valence-electron chi connectivity index (χ3n) is 2.72. The third-order valence-corrected chi connectivity index (χ3v) is 3.03. The molecule has 0 fully saturated rings. The van der Waals surface area contributed by atoms with Gasteiger partial charge >= 0.3 is 0 Å². The molecule has 0 aliphatic heterocycles. The average molecular weight is 305 g/mol. The van der Waals surface area contributed by atoms with Gasteiger partial charge in [-0.1, -0.05) is 11.6 Å². The number of carbonyl (C=O) groups is 1. The highest BCUT2D eigenvalue weighted by molar-refractivity contribution is 6.34. The van der Waals surface area contributed by atoms with Crippen molar-refractivity contribution in [3.05, 3.63) is 53.1 Å². The van der Waals surface area contributed by atoms with Gasteiger partial charge in [0.15, 0.2) is 0 Å². The lowest BCUT2D eigenvalue weighted by atomic mass is 10.2. The Labute approximate surface area is 128 Å². The fourth-order valence-electron chi connectivity index (χ4n) is 1.80. The fourth-order valence-corrected chi connectivity index (χ4v) is 2.08. The number of nitrogen functional groups attached to an aromatic ring is 1. The molecule has 110 valence electrons. The van der Waals surface area contributed by atoms with Crippen LogP contribution < -0.4 is 15.8 Å². The second-order valence-electron chi connectivity index (χ2n) is 4.88. The summed E-state index contributed by atoms with van der Waals surface area (Å²) < 4.78 is 5.54. The molecular weight excluding hydrogens is 288 g/mol. The molecule has 0 unspecified atom stereocenters. The van der Waals surface area contributed by atoms with Crippen LogP contribution in [0.2, 0.25) is 5.02 Å². The van der Waals surface area contributed by atoms with Gasteiger partial charge in [0.2, 0.25) is 0 Å². The Morgan fingerprint density at radius 3 is 2.43 bits per heavy atom. The van der Waals surface area contributed by atoms with E-state index in [1.165, 1.54) is 0 Å². The Bertz CT molecular complexity index is 639. The highest BCUT2D eigenvalue weighted by Crippen LogP contribution is 2.22. The molecule has 3 N–H and O–H groups in total. The van der Waals surface area contributed by atoms with Gasteiger partial charge in [0.1, 0.15) is 5.75 Å². The smallest absolute Gasteiger partial charge is 0.257 e. The van der Waals surface area contributed by atoms with Gasteiger partial charge in [-0.05, 0) is 56.3 Å². The van der Waals surface area contributed by atoms with Crippen LogP contribution in [0, 0.1) is 0 Å². The normalized spacial score (nSPS) is 10.5. The lowest BCUT2D eigenvalue weighted by Gasteiger charge is -2.11. The molecule has 0 aliphatic carbocycles. The van der Waals surface area contributed by atoms with E-state index in [2.05, 4.69) is 5.32 Å². The summed E-state index contributed by atoms with van der Waals surface area (Å²) >= 11 is 6.01. The van der Waals surface area contributed by atoms with Crippen molar-refractivity contribution >= 4 is 28.9 Å². The molecule has 2 rings (SSSR count). The van der Waals surface area contributed by atoms with E-state index in [9.17, 15) is 4.79 Å². The van der Waals surface area contributed by atoms with Gasteiger partial charge in [0.25, 0.3) is 5.91 Å². The number of anilines is 2. The molecule has 5 heteroatoms. The van der Waals surface area contributed by atoms with Crippen molar-refractivity contribution in [1.82, 2.24) is 0 Å². The Kier molecular flexibility index (Phi) is 4.70. The van der Waals surface area contributed by atoms with E-state index in [1.54, 1.807) is 42.5 Å². The minimum absolute atomic E-state index is 0.110. The Morgan fingerprint density at radius 2 is 1.86 bits per heavy atom. The van der Waals surface area contributed by atoms with E-state index >= 15 is 0 Å². The quantitative estimate of drug-likeness (QED) is 0.840. The lowest BCUT2D eigenvalue weighted by Crippen LogP contribution is -2.12. The summed E-state index contributed by atoms with van der Waals surface area (Å²) in [7, 11) is 0. The van der Waals surface area contributed by atoms with Crippen LogP contribution in [-0.2, 0) is 0 Å². The Morgan fingerprint density at radius 1 is 1.19 bits per heavy atom. The first-order chi connectivity index (χ1) is 9.95. The molecule has 2 aromatic carbocycles. The second kappa shape index (κ2) is 6.50. The van der Waals surface area contributed by atoms with Gasteiger partial charge in [0, 0.05) is 11.4 Å². The molecule has 21 heavy (non-hydrogen) atoms. The molecule has 1 amide bonds. The van der Waals surface area contributed by atoms with E-state index in [0.717, 1.165) is 5.75 Å². The van der Waals surface area contributed by atoms with Crippen LogP contribution in [0.3, 0.4) is 0 Å². The molecule has 0 spiro atoms. The predicted octanol–water partition coefficient (Wildman–Crippen LogP) is 3.96. The molecule has 0 saturated heterocycles. The zero-order valence-electron chi connectivity index (χ0n) is 11.9. The van der Waals surface area contributed by atoms with Crippen molar-refractivity contribution in [3.8, 4) is 5.75 Å². The number of nitrogens with two attached hydrogens (primary N) is 1. The van der Waals surface area contributed by atoms with Crippen LogP contribution >= 0.6 is 11.6 Å². The largest absolute Gasteiger partial charge is 0.491 e. The van der Waals surface area contributed by atoms with Crippen molar-refractivity contribution in [1.29, 1.82) is 0 Å². The highest BCUT2D eigenvalue weighted by atomic mass is 35.5. The van der Waals surface area contributed by atoms with Crippen LogP contribution in [0.1, 0.15) is 24.2 Å². The maximum atomic E-state index is 12.1. The van der Waals surface area contributed by atoms with E-state index in [1.807, 2.05) is 13.8 Å². The van der Waals surface area contributed by atoms with E-state index in [4.69, 9.17) is 22.1 Å². The first-order valence-electron chi connectivity index (χ1n) is 6.59. The number of amides is 1. The first-order valence-corrected chi connectivity index (χ1v) is 6.96. The standard InChI is InChI=1S/C16H17ClN2O2/c1-10(2)21-13-6-4-12(5-7-13)19-16(20)14-8-3-11(18)9-15(14)17/h3-10H,18H2,1-2H3,(H,19,20). The Hall–Kier alpha value is -2.20. The van der Waals surface area contributed by atoms with Gasteiger partial charge in [-0.15, -0.1) is 0 Å². The average Bonchev–Trinajstić information content (AvgIpc) is 2.40. The Balaban J connectivity index is 2.08. The molecule has 0 saturated carbocycles. The van der Waals surface area contributed by atoms with Crippen molar-refractivity contribution in [2.75, 3.05) is 11.1 Å². The maximum absolute atomic E-state index is 12.1. The van der Waals surface area contributed by atoms with E-state index in [-0.39, 0.29) is 12.0 Å². The monoisotopic (exact) mass is 304 g/mol. The summed E-state index contributed by atoms with van der Waals surface area (Å²) in [6, 6.07) is 12.0. The van der Waals surface area contributed by atoms with Crippen molar-refractivity contribution in [2.45, 2.75) is 20.0 Å². The SMILES string of the molecule is CC(C)Oc1ccc(NC(=O)c2ccc(N)cc2Cl)cc1. The summed E-state index contributed by atoms with van der Waals surface area (Å²) in [6.07, 6.45) is 0.110. The van der Waals surface area contributed by atoms with Crippen LogP contribution in [-0.4, -0.2) is 12.0 Å². The molecule has 0 bridgehead atoms. The molecule has 0 aromatic heterocycles. The second-order valence-corrected chi connectivity index (χ2v) is 5.29. The van der Waals surface area contributed by atoms with Crippen molar-refractivity contribution < 1.29 is 9.53 Å². The summed E-state index contributed by atoms with van der Waals surface area (Å²) in [4.78, 5) is 12.1. The zero-order chi connectivity index (χ0) is 15.4. The van der Waals surface area contributed by atoms with Crippen LogP contribution in [0.15, 0.2) is 42.5 Å². The molecule has 0 heterocycles. The zero-order valence-corrected chi connectivity index (χ0v) is 12.6. The van der Waals surface area contributed by atoms with E-state index < -0.39 is 0 Å². The highest BCUT2D eigenvalue weighted by Gasteiger charge is 2.10. The van der Waals surface area contributed by atoms with Crippen molar-refractivity contribution in [3.63, 3.8) is 0 Å². The van der Waals surface area contributed by atoms with Crippen molar-refractivity contribution in [2.24, 2.45) is 0 Å².